The number of amides is 2. The Morgan fingerprint density at radius 2 is 1.96 bits per heavy atom. The van der Waals surface area contributed by atoms with Crippen LogP contribution in [0.1, 0.15) is 56.7 Å². The van der Waals surface area contributed by atoms with Gasteiger partial charge in [-0.3, -0.25) is 9.59 Å². The molecular weight excluding hydrogens is 332 g/mol. The van der Waals surface area contributed by atoms with Gasteiger partial charge in [0.15, 0.2) is 0 Å². The van der Waals surface area contributed by atoms with Gasteiger partial charge in [-0.25, -0.2) is 0 Å². The zero-order valence-corrected chi connectivity index (χ0v) is 15.1. The fourth-order valence-electron chi connectivity index (χ4n) is 3.24. The standard InChI is InChI=1S/C20H22N2O2S/c1-12-5-8-17-14(9-12)11-18(25-17)20(24)22-16-4-2-3-13(10-16)19(23)21-15-6-7-15/h2-4,10-12,15H,5-9H2,1H3,(H,21,23)(H,22,24). The molecule has 1 heterocycles. The number of thiophene rings is 1. The van der Waals surface area contributed by atoms with Crippen LogP contribution >= 0.6 is 11.3 Å². The molecule has 1 aromatic carbocycles. The molecular formula is C20H22N2O2S. The first-order valence-electron chi connectivity index (χ1n) is 8.92. The van der Waals surface area contributed by atoms with Crippen molar-refractivity contribution in [3.63, 3.8) is 0 Å². The molecule has 25 heavy (non-hydrogen) atoms. The quantitative estimate of drug-likeness (QED) is 0.871. The number of benzene rings is 1. The molecule has 4 rings (SSSR count). The van der Waals surface area contributed by atoms with Crippen LogP contribution in [0.25, 0.3) is 0 Å². The first-order chi connectivity index (χ1) is 12.1. The molecule has 0 spiro atoms. The highest BCUT2D eigenvalue weighted by molar-refractivity contribution is 7.14. The van der Waals surface area contributed by atoms with E-state index in [2.05, 4.69) is 17.6 Å². The minimum Gasteiger partial charge on any atom is -0.349 e. The summed E-state index contributed by atoms with van der Waals surface area (Å²) in [7, 11) is 0. The Kier molecular flexibility index (Phi) is 4.34. The fourth-order valence-corrected chi connectivity index (χ4v) is 4.35. The van der Waals surface area contributed by atoms with E-state index in [0.29, 0.717) is 23.2 Å². The van der Waals surface area contributed by atoms with E-state index in [1.54, 1.807) is 29.5 Å². The molecule has 0 radical (unpaired) electrons. The van der Waals surface area contributed by atoms with Crippen LogP contribution in [0, 0.1) is 5.92 Å². The SMILES string of the molecule is CC1CCc2sc(C(=O)Nc3cccc(C(=O)NC4CC4)c3)cc2C1. The van der Waals surface area contributed by atoms with E-state index in [9.17, 15) is 9.59 Å². The Balaban J connectivity index is 1.46. The second-order valence-corrected chi connectivity index (χ2v) is 8.33. The van der Waals surface area contributed by atoms with Crippen LogP contribution in [-0.4, -0.2) is 17.9 Å². The minimum absolute atomic E-state index is 0.0702. The second kappa shape index (κ2) is 6.64. The second-order valence-electron chi connectivity index (χ2n) is 7.19. The van der Waals surface area contributed by atoms with Gasteiger partial charge in [-0.2, -0.15) is 0 Å². The third kappa shape index (κ3) is 3.76. The summed E-state index contributed by atoms with van der Waals surface area (Å²) in [4.78, 5) is 26.8. The van der Waals surface area contributed by atoms with Crippen LogP contribution in [0.15, 0.2) is 30.3 Å². The van der Waals surface area contributed by atoms with Gasteiger partial charge in [-0.05, 0) is 67.9 Å². The van der Waals surface area contributed by atoms with Crippen molar-refractivity contribution in [3.8, 4) is 0 Å². The Morgan fingerprint density at radius 1 is 1.12 bits per heavy atom. The highest BCUT2D eigenvalue weighted by atomic mass is 32.1. The van der Waals surface area contributed by atoms with Gasteiger partial charge in [0.1, 0.15) is 0 Å². The summed E-state index contributed by atoms with van der Waals surface area (Å²) in [6.45, 7) is 2.26. The molecule has 2 amide bonds. The van der Waals surface area contributed by atoms with Gasteiger partial charge in [-0.1, -0.05) is 13.0 Å². The summed E-state index contributed by atoms with van der Waals surface area (Å²) >= 11 is 1.60. The Morgan fingerprint density at radius 3 is 2.76 bits per heavy atom. The molecule has 0 aliphatic heterocycles. The van der Waals surface area contributed by atoms with Gasteiger partial charge >= 0.3 is 0 Å². The Hall–Kier alpha value is -2.14. The van der Waals surface area contributed by atoms with Crippen LogP contribution in [-0.2, 0) is 12.8 Å². The molecule has 0 saturated heterocycles. The molecule has 5 heteroatoms. The average Bonchev–Trinajstić information content (AvgIpc) is 3.30. The first kappa shape index (κ1) is 16.3. The molecule has 130 valence electrons. The smallest absolute Gasteiger partial charge is 0.265 e. The molecule has 0 bridgehead atoms. The van der Waals surface area contributed by atoms with Crippen molar-refractivity contribution in [2.24, 2.45) is 5.92 Å². The van der Waals surface area contributed by atoms with E-state index >= 15 is 0 Å². The third-order valence-electron chi connectivity index (χ3n) is 4.85. The number of rotatable bonds is 4. The summed E-state index contributed by atoms with van der Waals surface area (Å²) in [6, 6.07) is 9.50. The lowest BCUT2D eigenvalue weighted by Gasteiger charge is -2.16. The van der Waals surface area contributed by atoms with Crippen molar-refractivity contribution in [2.45, 2.75) is 45.1 Å². The molecule has 4 nitrogen and oxygen atoms in total. The van der Waals surface area contributed by atoms with Gasteiger partial charge < -0.3 is 10.6 Å². The molecule has 1 fully saturated rings. The first-order valence-corrected chi connectivity index (χ1v) is 9.74. The third-order valence-corrected chi connectivity index (χ3v) is 6.08. The lowest BCUT2D eigenvalue weighted by atomic mass is 9.90. The summed E-state index contributed by atoms with van der Waals surface area (Å²) < 4.78 is 0. The van der Waals surface area contributed by atoms with Gasteiger partial charge in [0.2, 0.25) is 0 Å². The number of fused-ring (bicyclic) bond motifs is 1. The van der Waals surface area contributed by atoms with E-state index < -0.39 is 0 Å². The van der Waals surface area contributed by atoms with E-state index in [-0.39, 0.29) is 11.8 Å². The maximum atomic E-state index is 12.6. The molecule has 2 N–H and O–H groups in total. The normalized spacial score (nSPS) is 19.2. The maximum absolute atomic E-state index is 12.6. The number of aryl methyl sites for hydroxylation is 1. The predicted molar refractivity (Wildman–Crippen MR) is 100 cm³/mol. The van der Waals surface area contributed by atoms with Crippen molar-refractivity contribution < 1.29 is 9.59 Å². The van der Waals surface area contributed by atoms with E-state index in [4.69, 9.17) is 0 Å². The van der Waals surface area contributed by atoms with Crippen molar-refractivity contribution in [2.75, 3.05) is 5.32 Å². The molecule has 2 aromatic rings. The Labute approximate surface area is 151 Å². The number of carbonyl (C=O) groups excluding carboxylic acids is 2. The monoisotopic (exact) mass is 354 g/mol. The van der Waals surface area contributed by atoms with Gasteiger partial charge in [0, 0.05) is 22.2 Å². The van der Waals surface area contributed by atoms with Gasteiger partial charge in [-0.15, -0.1) is 11.3 Å². The average molecular weight is 354 g/mol. The highest BCUT2D eigenvalue weighted by Crippen LogP contribution is 2.32. The van der Waals surface area contributed by atoms with Crippen LogP contribution < -0.4 is 10.6 Å². The topological polar surface area (TPSA) is 58.2 Å². The molecule has 1 unspecified atom stereocenters. The predicted octanol–water partition coefficient (Wildman–Crippen LogP) is 4.02. The van der Waals surface area contributed by atoms with E-state index in [1.807, 2.05) is 12.1 Å². The summed E-state index contributed by atoms with van der Waals surface area (Å²) in [5.74, 6) is 0.533. The molecule has 2 aliphatic rings. The van der Waals surface area contributed by atoms with Crippen molar-refractivity contribution in [1.29, 1.82) is 0 Å². The van der Waals surface area contributed by atoms with Gasteiger partial charge in [0.25, 0.3) is 11.8 Å². The zero-order valence-electron chi connectivity index (χ0n) is 14.3. The van der Waals surface area contributed by atoms with E-state index in [1.165, 1.54) is 16.9 Å². The van der Waals surface area contributed by atoms with Crippen molar-refractivity contribution >= 4 is 28.8 Å². The molecule has 2 aliphatic carbocycles. The number of carbonyl (C=O) groups is 2. The number of nitrogens with one attached hydrogen (secondary N) is 2. The largest absolute Gasteiger partial charge is 0.349 e. The fraction of sp³-hybridized carbons (Fsp3) is 0.400. The Bertz CT molecular complexity index is 823. The van der Waals surface area contributed by atoms with E-state index in [0.717, 1.165) is 30.6 Å². The van der Waals surface area contributed by atoms with Crippen LogP contribution in [0.3, 0.4) is 0 Å². The molecule has 1 atom stereocenters. The minimum atomic E-state index is -0.0909. The molecule has 1 saturated carbocycles. The summed E-state index contributed by atoms with van der Waals surface area (Å²) in [5.41, 5.74) is 2.57. The zero-order chi connectivity index (χ0) is 17.4. The lowest BCUT2D eigenvalue weighted by molar-refractivity contribution is 0.0949. The number of hydrogen-bond acceptors (Lipinski definition) is 3. The van der Waals surface area contributed by atoms with Crippen molar-refractivity contribution in [1.82, 2.24) is 5.32 Å². The van der Waals surface area contributed by atoms with Crippen molar-refractivity contribution in [3.05, 3.63) is 51.2 Å². The molecule has 1 aromatic heterocycles. The van der Waals surface area contributed by atoms with Gasteiger partial charge in [0.05, 0.1) is 4.88 Å². The summed E-state index contributed by atoms with van der Waals surface area (Å²) in [6.07, 6.45) is 5.46. The number of hydrogen-bond donors (Lipinski definition) is 2. The van der Waals surface area contributed by atoms with Crippen LogP contribution in [0.4, 0.5) is 5.69 Å². The number of anilines is 1. The van der Waals surface area contributed by atoms with Crippen LogP contribution in [0.2, 0.25) is 0 Å². The summed E-state index contributed by atoms with van der Waals surface area (Å²) in [5, 5.41) is 5.90. The van der Waals surface area contributed by atoms with Crippen LogP contribution in [0.5, 0.6) is 0 Å². The lowest BCUT2D eigenvalue weighted by Crippen LogP contribution is -2.25. The maximum Gasteiger partial charge on any atom is 0.265 e. The highest BCUT2D eigenvalue weighted by Gasteiger charge is 2.24.